The standard InChI is InChI=1S/C12H13N3O/c13-6-5-9-7-14-8-15-12(9)10-3-1-2-4-11(10)16/h1-4,7-8,16H,5-6,13H2. The second-order valence-corrected chi connectivity index (χ2v) is 3.45. The maximum atomic E-state index is 9.76. The monoisotopic (exact) mass is 215 g/mol. The summed E-state index contributed by atoms with van der Waals surface area (Å²) in [6, 6.07) is 7.12. The van der Waals surface area contributed by atoms with Gasteiger partial charge in [-0.2, -0.15) is 0 Å². The highest BCUT2D eigenvalue weighted by Gasteiger charge is 2.09. The highest BCUT2D eigenvalue weighted by molar-refractivity contribution is 5.69. The van der Waals surface area contributed by atoms with Gasteiger partial charge in [0.05, 0.1) is 5.69 Å². The summed E-state index contributed by atoms with van der Waals surface area (Å²) in [5.74, 6) is 0.222. The van der Waals surface area contributed by atoms with Crippen LogP contribution in [0.3, 0.4) is 0 Å². The summed E-state index contributed by atoms with van der Waals surface area (Å²) in [5.41, 5.74) is 7.94. The first kappa shape index (κ1) is 10.6. The molecular weight excluding hydrogens is 202 g/mol. The van der Waals surface area contributed by atoms with Crippen LogP contribution in [-0.2, 0) is 6.42 Å². The van der Waals surface area contributed by atoms with Gasteiger partial charge in [0.1, 0.15) is 12.1 Å². The van der Waals surface area contributed by atoms with E-state index < -0.39 is 0 Å². The van der Waals surface area contributed by atoms with Crippen LogP contribution in [0.25, 0.3) is 11.3 Å². The van der Waals surface area contributed by atoms with Gasteiger partial charge in [-0.25, -0.2) is 9.97 Å². The number of aromatic hydroxyl groups is 1. The maximum absolute atomic E-state index is 9.76. The number of nitrogens with two attached hydrogens (primary N) is 1. The fourth-order valence-corrected chi connectivity index (χ4v) is 1.61. The highest BCUT2D eigenvalue weighted by atomic mass is 16.3. The molecule has 0 aliphatic rings. The summed E-state index contributed by atoms with van der Waals surface area (Å²) < 4.78 is 0. The van der Waals surface area contributed by atoms with Crippen LogP contribution in [0.15, 0.2) is 36.8 Å². The molecule has 0 fully saturated rings. The number of benzene rings is 1. The normalized spacial score (nSPS) is 10.3. The Morgan fingerprint density at radius 1 is 1.25 bits per heavy atom. The lowest BCUT2D eigenvalue weighted by Gasteiger charge is -2.08. The highest BCUT2D eigenvalue weighted by Crippen LogP contribution is 2.28. The van der Waals surface area contributed by atoms with Crippen molar-refractivity contribution in [3.05, 3.63) is 42.4 Å². The molecule has 4 heteroatoms. The van der Waals surface area contributed by atoms with Gasteiger partial charge in [0.15, 0.2) is 0 Å². The van der Waals surface area contributed by atoms with Crippen LogP contribution < -0.4 is 5.73 Å². The van der Waals surface area contributed by atoms with Crippen LogP contribution in [0.5, 0.6) is 5.75 Å². The molecule has 0 aliphatic carbocycles. The van der Waals surface area contributed by atoms with Gasteiger partial charge in [-0.05, 0) is 30.7 Å². The zero-order valence-corrected chi connectivity index (χ0v) is 8.80. The Morgan fingerprint density at radius 3 is 2.81 bits per heavy atom. The lowest BCUT2D eigenvalue weighted by atomic mass is 10.0. The fraction of sp³-hybridized carbons (Fsp3) is 0.167. The largest absolute Gasteiger partial charge is 0.507 e. The van der Waals surface area contributed by atoms with E-state index in [9.17, 15) is 5.11 Å². The lowest BCUT2D eigenvalue weighted by molar-refractivity contribution is 0.477. The number of hydrogen-bond donors (Lipinski definition) is 2. The Labute approximate surface area is 93.8 Å². The Morgan fingerprint density at radius 2 is 2.06 bits per heavy atom. The molecule has 4 nitrogen and oxygen atoms in total. The first-order valence-electron chi connectivity index (χ1n) is 5.10. The molecule has 0 radical (unpaired) electrons. The van der Waals surface area contributed by atoms with Crippen molar-refractivity contribution in [2.45, 2.75) is 6.42 Å². The van der Waals surface area contributed by atoms with Crippen molar-refractivity contribution in [2.75, 3.05) is 6.54 Å². The van der Waals surface area contributed by atoms with Crippen molar-refractivity contribution in [3.8, 4) is 17.0 Å². The van der Waals surface area contributed by atoms with Crippen LogP contribution in [0.4, 0.5) is 0 Å². The summed E-state index contributed by atoms with van der Waals surface area (Å²) in [6.07, 6.45) is 3.91. The molecule has 0 spiro atoms. The van der Waals surface area contributed by atoms with Crippen molar-refractivity contribution in [3.63, 3.8) is 0 Å². The molecule has 2 rings (SSSR count). The zero-order chi connectivity index (χ0) is 11.4. The van der Waals surface area contributed by atoms with Crippen molar-refractivity contribution in [2.24, 2.45) is 5.73 Å². The quantitative estimate of drug-likeness (QED) is 0.810. The number of hydrogen-bond acceptors (Lipinski definition) is 4. The Hall–Kier alpha value is -1.94. The van der Waals surface area contributed by atoms with Gasteiger partial charge in [0.2, 0.25) is 0 Å². The molecule has 0 amide bonds. The summed E-state index contributed by atoms with van der Waals surface area (Å²) in [4.78, 5) is 8.17. The number of para-hydroxylation sites is 1. The third-order valence-corrected chi connectivity index (χ3v) is 2.36. The van der Waals surface area contributed by atoms with Gasteiger partial charge >= 0.3 is 0 Å². The van der Waals surface area contributed by atoms with Gasteiger partial charge < -0.3 is 10.8 Å². The number of phenolic OH excluding ortho intramolecular Hbond substituents is 1. The van der Waals surface area contributed by atoms with E-state index in [1.54, 1.807) is 18.3 Å². The molecule has 3 N–H and O–H groups in total. The van der Waals surface area contributed by atoms with Crippen molar-refractivity contribution >= 4 is 0 Å². The van der Waals surface area contributed by atoms with E-state index in [0.29, 0.717) is 18.5 Å². The molecule has 82 valence electrons. The zero-order valence-electron chi connectivity index (χ0n) is 8.80. The average Bonchev–Trinajstić information content (AvgIpc) is 2.31. The van der Waals surface area contributed by atoms with Crippen molar-refractivity contribution in [1.29, 1.82) is 0 Å². The minimum Gasteiger partial charge on any atom is -0.507 e. The SMILES string of the molecule is NCCc1cncnc1-c1ccccc1O. The third kappa shape index (κ3) is 2.01. The van der Waals surface area contributed by atoms with Gasteiger partial charge in [-0.15, -0.1) is 0 Å². The molecular formula is C12H13N3O. The number of phenols is 1. The van der Waals surface area contributed by atoms with E-state index in [0.717, 1.165) is 11.3 Å². The lowest BCUT2D eigenvalue weighted by Crippen LogP contribution is -2.05. The predicted molar refractivity (Wildman–Crippen MR) is 61.9 cm³/mol. The minimum absolute atomic E-state index is 0.222. The van der Waals surface area contributed by atoms with Crippen LogP contribution >= 0.6 is 0 Å². The second kappa shape index (κ2) is 4.72. The second-order valence-electron chi connectivity index (χ2n) is 3.45. The van der Waals surface area contributed by atoms with E-state index in [4.69, 9.17) is 5.73 Å². The first-order valence-corrected chi connectivity index (χ1v) is 5.10. The molecule has 1 aromatic heterocycles. The topological polar surface area (TPSA) is 72.0 Å². The molecule has 1 aromatic carbocycles. The Balaban J connectivity index is 2.51. The summed E-state index contributed by atoms with van der Waals surface area (Å²) in [7, 11) is 0. The smallest absolute Gasteiger partial charge is 0.124 e. The molecule has 16 heavy (non-hydrogen) atoms. The summed E-state index contributed by atoms with van der Waals surface area (Å²) in [6.45, 7) is 0.536. The van der Waals surface area contributed by atoms with Crippen LogP contribution in [0.2, 0.25) is 0 Å². The number of aromatic nitrogens is 2. The molecule has 1 heterocycles. The summed E-state index contributed by atoms with van der Waals surface area (Å²) in [5, 5.41) is 9.76. The van der Waals surface area contributed by atoms with E-state index in [2.05, 4.69) is 9.97 Å². The molecule has 2 aromatic rings. The van der Waals surface area contributed by atoms with E-state index in [1.165, 1.54) is 6.33 Å². The number of rotatable bonds is 3. The number of nitrogens with zero attached hydrogens (tertiary/aromatic N) is 2. The third-order valence-electron chi connectivity index (χ3n) is 2.36. The van der Waals surface area contributed by atoms with Gasteiger partial charge in [0.25, 0.3) is 0 Å². The fourth-order valence-electron chi connectivity index (χ4n) is 1.61. The predicted octanol–water partition coefficient (Wildman–Crippen LogP) is 1.35. The molecule has 0 atom stereocenters. The summed E-state index contributed by atoms with van der Waals surface area (Å²) >= 11 is 0. The van der Waals surface area contributed by atoms with Gasteiger partial charge in [-0.3, -0.25) is 0 Å². The van der Waals surface area contributed by atoms with Gasteiger partial charge in [0, 0.05) is 11.8 Å². The molecule has 0 unspecified atom stereocenters. The average molecular weight is 215 g/mol. The first-order chi connectivity index (χ1) is 7.83. The van der Waals surface area contributed by atoms with E-state index in [-0.39, 0.29) is 5.75 Å². The Kier molecular flexibility index (Phi) is 3.12. The van der Waals surface area contributed by atoms with Crippen molar-refractivity contribution in [1.82, 2.24) is 9.97 Å². The molecule has 0 saturated heterocycles. The molecule has 0 bridgehead atoms. The minimum atomic E-state index is 0.222. The van der Waals surface area contributed by atoms with E-state index in [1.807, 2.05) is 12.1 Å². The van der Waals surface area contributed by atoms with Crippen LogP contribution in [0, 0.1) is 0 Å². The van der Waals surface area contributed by atoms with Crippen molar-refractivity contribution < 1.29 is 5.11 Å². The van der Waals surface area contributed by atoms with Gasteiger partial charge in [-0.1, -0.05) is 12.1 Å². The molecule has 0 saturated carbocycles. The van der Waals surface area contributed by atoms with Crippen LogP contribution in [-0.4, -0.2) is 21.6 Å². The van der Waals surface area contributed by atoms with Crippen LogP contribution in [0.1, 0.15) is 5.56 Å². The molecule has 0 aliphatic heterocycles. The van der Waals surface area contributed by atoms with E-state index >= 15 is 0 Å². The Bertz CT molecular complexity index is 485. The maximum Gasteiger partial charge on any atom is 0.124 e.